The summed E-state index contributed by atoms with van der Waals surface area (Å²) in [6.07, 6.45) is 13.3. The quantitative estimate of drug-likeness (QED) is 0.0904. The molecule has 37 heavy (non-hydrogen) atoms. The first-order chi connectivity index (χ1) is 17.7. The van der Waals surface area contributed by atoms with E-state index in [4.69, 9.17) is 0 Å². The van der Waals surface area contributed by atoms with Gasteiger partial charge in [-0.15, -0.1) is 48.5 Å². The Balaban J connectivity index is 0.00000380. The van der Waals surface area contributed by atoms with E-state index in [1.165, 1.54) is 38.5 Å². The fourth-order valence-electron chi connectivity index (χ4n) is 4.11. The number of aromatic nitrogens is 6. The van der Waals surface area contributed by atoms with Crippen LogP contribution in [-0.2, 0) is 34.2 Å². The van der Waals surface area contributed by atoms with Gasteiger partial charge in [-0.3, -0.25) is 9.36 Å². The van der Waals surface area contributed by atoms with Gasteiger partial charge in [-0.05, 0) is 12.8 Å². The van der Waals surface area contributed by atoms with E-state index in [1.807, 2.05) is 46.0 Å². The molecule has 0 fully saturated rings. The van der Waals surface area contributed by atoms with Gasteiger partial charge < -0.3 is 4.79 Å². The Bertz CT molecular complexity index is 1170. The minimum Gasteiger partial charge on any atom is -0.336 e. The zero-order valence-electron chi connectivity index (χ0n) is 21.6. The fourth-order valence-corrected chi connectivity index (χ4v) is 4.11. The van der Waals surface area contributed by atoms with Crippen LogP contribution in [0.5, 0.6) is 0 Å². The van der Waals surface area contributed by atoms with E-state index in [0.29, 0.717) is 22.5 Å². The minimum absolute atomic E-state index is 0. The second-order valence-electron chi connectivity index (χ2n) is 9.14. The summed E-state index contributed by atoms with van der Waals surface area (Å²) in [5, 5.41) is 17.1. The summed E-state index contributed by atoms with van der Waals surface area (Å²) in [4.78, 5) is 13.3. The summed E-state index contributed by atoms with van der Waals surface area (Å²) in [6.45, 7) is 6.09. The maximum atomic E-state index is 13.3. The standard InChI is InChI=1S/C29H34N6O.Pt/c1-3-5-7-9-17-34-21-27(30-32-34)23-13-11-15-25(19-23)29(36)26-16-12-14-24(20-26)28-22-35(33-31-28)18-10-8-6-4-2;/h11-16,21-22H,3-10,17-18H2,1-2H3;/q-2;+2. The zero-order valence-corrected chi connectivity index (χ0v) is 23.9. The Kier molecular flexibility index (Phi) is 11.4. The Morgan fingerprint density at radius 1 is 0.703 bits per heavy atom. The summed E-state index contributed by atoms with van der Waals surface area (Å²) in [6, 6.07) is 17.5. The number of carbonyl (C=O) groups is 1. The van der Waals surface area contributed by atoms with Crippen molar-refractivity contribution in [3.05, 3.63) is 72.1 Å². The van der Waals surface area contributed by atoms with Crippen molar-refractivity contribution in [2.45, 2.75) is 78.3 Å². The number of nitrogens with zero attached hydrogens (tertiary/aromatic N) is 6. The van der Waals surface area contributed by atoms with Crippen LogP contribution in [0.4, 0.5) is 0 Å². The van der Waals surface area contributed by atoms with Gasteiger partial charge in [0.15, 0.2) is 0 Å². The number of aryl methyl sites for hydroxylation is 2. The molecule has 0 spiro atoms. The van der Waals surface area contributed by atoms with E-state index in [1.54, 1.807) is 12.1 Å². The van der Waals surface area contributed by atoms with Gasteiger partial charge >= 0.3 is 21.1 Å². The van der Waals surface area contributed by atoms with E-state index in [9.17, 15) is 4.79 Å². The third kappa shape index (κ3) is 8.03. The summed E-state index contributed by atoms with van der Waals surface area (Å²) in [5.74, 6) is -0.141. The summed E-state index contributed by atoms with van der Waals surface area (Å²) >= 11 is 0. The van der Waals surface area contributed by atoms with E-state index in [0.717, 1.165) is 37.1 Å². The van der Waals surface area contributed by atoms with Gasteiger partial charge in [-0.1, -0.05) is 85.1 Å². The smallest absolute Gasteiger partial charge is 0.336 e. The molecule has 0 radical (unpaired) electrons. The molecular formula is C29H34N6OPt. The topological polar surface area (TPSA) is 78.5 Å². The number of carbonyl (C=O) groups excluding carboxylic acids is 1. The van der Waals surface area contributed by atoms with Gasteiger partial charge in [-0.25, -0.2) is 0 Å². The van der Waals surface area contributed by atoms with E-state index >= 15 is 0 Å². The Morgan fingerprint density at radius 3 is 1.59 bits per heavy atom. The molecule has 0 amide bonds. The predicted octanol–water partition coefficient (Wildman–Crippen LogP) is 6.19. The Labute approximate surface area is 233 Å². The van der Waals surface area contributed by atoms with Crippen molar-refractivity contribution in [3.63, 3.8) is 0 Å². The Hall–Kier alpha value is -2.92. The van der Waals surface area contributed by atoms with Crippen molar-refractivity contribution < 1.29 is 25.9 Å². The molecule has 4 rings (SSSR count). The molecule has 7 nitrogen and oxygen atoms in total. The van der Waals surface area contributed by atoms with Crippen molar-refractivity contribution in [3.8, 4) is 22.5 Å². The van der Waals surface area contributed by atoms with Crippen LogP contribution in [0.15, 0.2) is 48.8 Å². The number of unbranched alkanes of at least 4 members (excludes halogenated alkanes) is 6. The second kappa shape index (κ2) is 14.7. The molecular weight excluding hydrogens is 643 g/mol. The van der Waals surface area contributed by atoms with Gasteiger partial charge in [0.1, 0.15) is 5.78 Å². The molecule has 0 N–H and O–H groups in total. The second-order valence-corrected chi connectivity index (χ2v) is 9.14. The SMILES string of the molecule is CCCCCCn1cc(-c2[c-]c(C(=O)c3[c-]c(-c4cn(CCCCCC)nn4)ccc3)ccc2)nn1.[Pt+2]. The molecule has 4 aromatic rings. The van der Waals surface area contributed by atoms with Crippen molar-refractivity contribution in [2.24, 2.45) is 0 Å². The van der Waals surface area contributed by atoms with Crippen LogP contribution in [0.25, 0.3) is 22.5 Å². The molecule has 0 bridgehead atoms. The number of rotatable bonds is 14. The first kappa shape index (κ1) is 28.6. The number of benzene rings is 2. The number of hydrogen-bond acceptors (Lipinski definition) is 5. The molecule has 2 aromatic carbocycles. The van der Waals surface area contributed by atoms with Crippen molar-refractivity contribution in [1.29, 1.82) is 0 Å². The molecule has 0 aliphatic heterocycles. The first-order valence-electron chi connectivity index (χ1n) is 13.1. The van der Waals surface area contributed by atoms with Crippen LogP contribution in [0, 0.1) is 12.1 Å². The predicted molar refractivity (Wildman–Crippen MR) is 140 cm³/mol. The Morgan fingerprint density at radius 2 is 1.16 bits per heavy atom. The largest absolute Gasteiger partial charge is 2.00 e. The zero-order chi connectivity index (χ0) is 25.2. The molecule has 0 atom stereocenters. The minimum atomic E-state index is -0.141. The van der Waals surface area contributed by atoms with Crippen LogP contribution in [-0.4, -0.2) is 35.8 Å². The number of hydrogen-bond donors (Lipinski definition) is 0. The molecule has 0 saturated carbocycles. The maximum absolute atomic E-state index is 13.3. The van der Waals surface area contributed by atoms with Gasteiger partial charge in [0, 0.05) is 36.9 Å². The van der Waals surface area contributed by atoms with Crippen LogP contribution >= 0.6 is 0 Å². The van der Waals surface area contributed by atoms with E-state index < -0.39 is 0 Å². The van der Waals surface area contributed by atoms with Gasteiger partial charge in [0.05, 0.1) is 0 Å². The van der Waals surface area contributed by atoms with Crippen molar-refractivity contribution in [1.82, 2.24) is 30.0 Å². The van der Waals surface area contributed by atoms with Crippen LogP contribution in [0.2, 0.25) is 0 Å². The van der Waals surface area contributed by atoms with Crippen LogP contribution < -0.4 is 0 Å². The molecule has 2 heterocycles. The molecule has 2 aromatic heterocycles. The normalized spacial score (nSPS) is 10.9. The molecule has 0 saturated heterocycles. The van der Waals surface area contributed by atoms with Crippen molar-refractivity contribution >= 4 is 5.78 Å². The maximum Gasteiger partial charge on any atom is 2.00 e. The average molecular weight is 678 g/mol. The van der Waals surface area contributed by atoms with E-state index in [-0.39, 0.29) is 26.8 Å². The van der Waals surface area contributed by atoms with Gasteiger partial charge in [-0.2, -0.15) is 10.2 Å². The van der Waals surface area contributed by atoms with E-state index in [2.05, 4.69) is 46.6 Å². The van der Waals surface area contributed by atoms with Crippen LogP contribution in [0.1, 0.15) is 81.1 Å². The van der Waals surface area contributed by atoms with Crippen LogP contribution in [0.3, 0.4) is 0 Å². The summed E-state index contributed by atoms with van der Waals surface area (Å²) in [5.41, 5.74) is 3.88. The van der Waals surface area contributed by atoms with Crippen molar-refractivity contribution in [2.75, 3.05) is 0 Å². The fraction of sp³-hybridized carbons (Fsp3) is 0.414. The monoisotopic (exact) mass is 677 g/mol. The third-order valence-corrected chi connectivity index (χ3v) is 6.19. The summed E-state index contributed by atoms with van der Waals surface area (Å²) in [7, 11) is 0. The molecule has 0 aliphatic carbocycles. The first-order valence-corrected chi connectivity index (χ1v) is 13.1. The summed E-state index contributed by atoms with van der Waals surface area (Å²) < 4.78 is 3.73. The average Bonchev–Trinajstić information content (AvgIpc) is 3.59. The molecule has 196 valence electrons. The van der Waals surface area contributed by atoms with Gasteiger partial charge in [0.2, 0.25) is 0 Å². The van der Waals surface area contributed by atoms with Gasteiger partial charge in [0.25, 0.3) is 0 Å². The molecule has 0 aliphatic rings. The molecule has 8 heteroatoms. The third-order valence-electron chi connectivity index (χ3n) is 6.19. The molecule has 0 unspecified atom stereocenters. The number of ketones is 1.